The van der Waals surface area contributed by atoms with Gasteiger partial charge in [-0.2, -0.15) is 0 Å². The van der Waals surface area contributed by atoms with Crippen LogP contribution in [0.3, 0.4) is 0 Å². The summed E-state index contributed by atoms with van der Waals surface area (Å²) in [5, 5.41) is 14.0. The van der Waals surface area contributed by atoms with Crippen LogP contribution in [0.4, 0.5) is 15.8 Å². The fraction of sp³-hybridized carbons (Fsp3) is 0.214. The summed E-state index contributed by atoms with van der Waals surface area (Å²) in [6.07, 6.45) is 2.48. The van der Waals surface area contributed by atoms with Gasteiger partial charge in [-0.1, -0.05) is 13.0 Å². The number of nitrogens with zero attached hydrogens (tertiary/aromatic N) is 2. The number of aromatic nitrogens is 1. The molecule has 1 aromatic heterocycles. The maximum Gasteiger partial charge on any atom is 0.293 e. The Kier molecular flexibility index (Phi) is 5.05. The number of halogens is 2. The van der Waals surface area contributed by atoms with Gasteiger partial charge in [0.2, 0.25) is 0 Å². The fourth-order valence-electron chi connectivity index (χ4n) is 1.96. The Morgan fingerprint density at radius 1 is 1.48 bits per heavy atom. The number of nitro benzene ring substituents is 1. The van der Waals surface area contributed by atoms with Crippen LogP contribution in [0.5, 0.6) is 0 Å². The van der Waals surface area contributed by atoms with E-state index in [1.165, 1.54) is 6.07 Å². The minimum Gasteiger partial charge on any atom is -0.374 e. The lowest BCUT2D eigenvalue weighted by molar-refractivity contribution is -0.384. The van der Waals surface area contributed by atoms with E-state index in [0.29, 0.717) is 6.54 Å². The van der Waals surface area contributed by atoms with Crippen molar-refractivity contribution in [3.8, 4) is 0 Å². The highest BCUT2D eigenvalue weighted by Crippen LogP contribution is 2.29. The second-order valence-electron chi connectivity index (χ2n) is 4.36. The zero-order valence-electron chi connectivity index (χ0n) is 11.3. The van der Waals surface area contributed by atoms with Gasteiger partial charge in [-0.05, 0) is 40.6 Å². The van der Waals surface area contributed by atoms with Crippen LogP contribution in [0.2, 0.25) is 0 Å². The lowest BCUT2D eigenvalue weighted by atomic mass is 10.1. The molecule has 110 valence electrons. The molecular formula is C14H13FIN3O2. The third-order valence-corrected chi connectivity index (χ3v) is 3.87. The zero-order valence-corrected chi connectivity index (χ0v) is 13.4. The van der Waals surface area contributed by atoms with Crippen LogP contribution in [0.1, 0.15) is 18.2 Å². The Bertz CT molecular complexity index is 679. The lowest BCUT2D eigenvalue weighted by Gasteiger charge is -2.10. The Balaban J connectivity index is 2.27. The van der Waals surface area contributed by atoms with Gasteiger partial charge in [0.05, 0.1) is 20.7 Å². The molecule has 0 bridgehead atoms. The number of anilines is 1. The Morgan fingerprint density at radius 3 is 2.90 bits per heavy atom. The van der Waals surface area contributed by atoms with Gasteiger partial charge in [-0.25, -0.2) is 4.39 Å². The number of aryl methyl sites for hydroxylation is 1. The molecule has 1 N–H and O–H groups in total. The average Bonchev–Trinajstić information content (AvgIpc) is 2.48. The molecule has 1 aromatic carbocycles. The van der Waals surface area contributed by atoms with Gasteiger partial charge in [0.25, 0.3) is 5.69 Å². The van der Waals surface area contributed by atoms with Gasteiger partial charge >= 0.3 is 0 Å². The van der Waals surface area contributed by atoms with E-state index in [-0.39, 0.29) is 14.9 Å². The summed E-state index contributed by atoms with van der Waals surface area (Å²) in [5.74, 6) is -0.486. The van der Waals surface area contributed by atoms with Crippen LogP contribution in [-0.4, -0.2) is 9.91 Å². The molecule has 2 aromatic rings. The minimum absolute atomic E-state index is 0.144. The molecule has 0 aliphatic heterocycles. The number of rotatable bonds is 5. The molecular weight excluding hydrogens is 388 g/mol. The normalized spacial score (nSPS) is 10.4. The number of nitrogens with one attached hydrogen (secondary N) is 1. The van der Waals surface area contributed by atoms with Crippen LogP contribution >= 0.6 is 22.6 Å². The molecule has 0 radical (unpaired) electrons. The summed E-state index contributed by atoms with van der Waals surface area (Å²) in [4.78, 5) is 14.8. The van der Waals surface area contributed by atoms with Crippen molar-refractivity contribution in [3.63, 3.8) is 0 Å². The van der Waals surface area contributed by atoms with E-state index in [2.05, 4.69) is 10.3 Å². The molecule has 0 aliphatic rings. The summed E-state index contributed by atoms with van der Waals surface area (Å²) in [6.45, 7) is 2.32. The summed E-state index contributed by atoms with van der Waals surface area (Å²) in [5.41, 5.74) is 1.87. The zero-order chi connectivity index (χ0) is 15.4. The Labute approximate surface area is 134 Å². The minimum atomic E-state index is -0.525. The monoisotopic (exact) mass is 401 g/mol. The molecule has 21 heavy (non-hydrogen) atoms. The van der Waals surface area contributed by atoms with Crippen LogP contribution in [0, 0.1) is 19.5 Å². The van der Waals surface area contributed by atoms with Crippen LogP contribution in [0.15, 0.2) is 30.5 Å². The molecule has 7 heteroatoms. The van der Waals surface area contributed by atoms with E-state index in [9.17, 15) is 14.5 Å². The third-order valence-electron chi connectivity index (χ3n) is 3.05. The van der Waals surface area contributed by atoms with Crippen molar-refractivity contribution in [2.75, 3.05) is 5.32 Å². The van der Waals surface area contributed by atoms with Gasteiger partial charge in [0.1, 0.15) is 11.5 Å². The smallest absolute Gasteiger partial charge is 0.293 e. The summed E-state index contributed by atoms with van der Waals surface area (Å²) in [7, 11) is 0. The second kappa shape index (κ2) is 6.79. The quantitative estimate of drug-likeness (QED) is 0.469. The molecule has 0 unspecified atom stereocenters. The number of benzene rings is 1. The fourth-order valence-corrected chi connectivity index (χ4v) is 2.41. The first kappa shape index (κ1) is 15.6. The Hall–Kier alpha value is -1.77. The van der Waals surface area contributed by atoms with Crippen molar-refractivity contribution in [3.05, 3.63) is 61.2 Å². The van der Waals surface area contributed by atoms with Crippen LogP contribution in [0.25, 0.3) is 0 Å². The molecule has 0 fully saturated rings. The van der Waals surface area contributed by atoms with Gasteiger partial charge in [0.15, 0.2) is 0 Å². The number of hydrogen-bond donors (Lipinski definition) is 1. The average molecular weight is 401 g/mol. The van der Waals surface area contributed by atoms with E-state index in [1.807, 2.05) is 19.1 Å². The molecule has 0 saturated heterocycles. The van der Waals surface area contributed by atoms with Gasteiger partial charge in [-0.15, -0.1) is 0 Å². The molecule has 0 amide bonds. The molecule has 2 rings (SSSR count). The van der Waals surface area contributed by atoms with Crippen LogP contribution in [-0.2, 0) is 13.0 Å². The molecule has 5 nitrogen and oxygen atoms in total. The first-order valence-electron chi connectivity index (χ1n) is 6.33. The lowest BCUT2D eigenvalue weighted by Crippen LogP contribution is -2.07. The molecule has 0 spiro atoms. The van der Waals surface area contributed by atoms with Crippen LogP contribution < -0.4 is 5.32 Å². The third kappa shape index (κ3) is 3.66. The largest absolute Gasteiger partial charge is 0.374 e. The predicted molar refractivity (Wildman–Crippen MR) is 86.7 cm³/mol. The standard InChI is InChI=1S/C14H13FIN3O2/c1-2-9-4-3-5-17-13(9)8-18-12-6-10(15)11(16)7-14(12)19(20)21/h3-7,18H,2,8H2,1H3. The molecule has 0 saturated carbocycles. The molecule has 0 atom stereocenters. The first-order valence-corrected chi connectivity index (χ1v) is 7.41. The number of hydrogen-bond acceptors (Lipinski definition) is 4. The van der Waals surface area contributed by atoms with E-state index >= 15 is 0 Å². The van der Waals surface area contributed by atoms with E-state index in [1.54, 1.807) is 28.8 Å². The molecule has 0 aliphatic carbocycles. The highest BCUT2D eigenvalue weighted by Gasteiger charge is 2.17. The number of nitro groups is 1. The molecule has 1 heterocycles. The van der Waals surface area contributed by atoms with Gasteiger partial charge in [0, 0.05) is 18.3 Å². The number of pyridine rings is 1. The van der Waals surface area contributed by atoms with Crippen molar-refractivity contribution in [1.29, 1.82) is 0 Å². The SMILES string of the molecule is CCc1cccnc1CNc1cc(F)c(I)cc1[N+](=O)[O-]. The second-order valence-corrected chi connectivity index (χ2v) is 5.52. The highest BCUT2D eigenvalue weighted by molar-refractivity contribution is 14.1. The van der Waals surface area contributed by atoms with Crippen molar-refractivity contribution in [1.82, 2.24) is 4.98 Å². The van der Waals surface area contributed by atoms with E-state index in [4.69, 9.17) is 0 Å². The first-order chi connectivity index (χ1) is 10.0. The summed E-state index contributed by atoms with van der Waals surface area (Å²) < 4.78 is 13.8. The van der Waals surface area contributed by atoms with E-state index in [0.717, 1.165) is 23.7 Å². The maximum atomic E-state index is 13.6. The van der Waals surface area contributed by atoms with Gasteiger partial charge < -0.3 is 5.32 Å². The topological polar surface area (TPSA) is 68.1 Å². The summed E-state index contributed by atoms with van der Waals surface area (Å²) in [6, 6.07) is 6.16. The van der Waals surface area contributed by atoms with Crippen molar-refractivity contribution in [2.45, 2.75) is 19.9 Å². The highest BCUT2D eigenvalue weighted by atomic mass is 127. The maximum absolute atomic E-state index is 13.6. The van der Waals surface area contributed by atoms with Crippen molar-refractivity contribution < 1.29 is 9.31 Å². The van der Waals surface area contributed by atoms with Crippen molar-refractivity contribution >= 4 is 34.0 Å². The predicted octanol–water partition coefficient (Wildman–Crippen LogP) is 3.91. The van der Waals surface area contributed by atoms with E-state index < -0.39 is 10.7 Å². The van der Waals surface area contributed by atoms with Gasteiger partial charge in [-0.3, -0.25) is 15.1 Å². The Morgan fingerprint density at radius 2 is 2.24 bits per heavy atom. The van der Waals surface area contributed by atoms with Crippen molar-refractivity contribution in [2.24, 2.45) is 0 Å². The summed E-state index contributed by atoms with van der Waals surface area (Å²) >= 11 is 1.73.